The Morgan fingerprint density at radius 3 is 2.58 bits per heavy atom. The monoisotopic (exact) mass is 694 g/mol. The highest BCUT2D eigenvalue weighted by Gasteiger charge is 2.33. The van der Waals surface area contributed by atoms with Gasteiger partial charge >= 0.3 is 12.1 Å². The quantitative estimate of drug-likeness (QED) is 0.0878. The number of aromatic nitrogens is 5. The molecule has 0 amide bonds. The van der Waals surface area contributed by atoms with Crippen molar-refractivity contribution in [3.8, 4) is 22.7 Å². The number of hydrogen-bond acceptors (Lipinski definition) is 7. The average Bonchev–Trinajstić information content (AvgIpc) is 3.62. The number of nitrogens with two attached hydrogens (primary N) is 1. The number of anilines is 1. The van der Waals surface area contributed by atoms with Gasteiger partial charge in [0.1, 0.15) is 5.65 Å². The molecule has 0 radical (unpaired) electrons. The van der Waals surface area contributed by atoms with Crippen LogP contribution in [0.1, 0.15) is 74.0 Å². The van der Waals surface area contributed by atoms with Crippen LogP contribution >= 0.6 is 0 Å². The minimum Gasteiger partial charge on any atom is -0.403 e. The number of rotatable bonds is 12. The summed E-state index contributed by atoms with van der Waals surface area (Å²) in [5, 5.41) is 7.62. The Balaban J connectivity index is 1.19. The topological polar surface area (TPSA) is 139 Å². The number of hydrogen-bond donors (Lipinski definition) is 5. The van der Waals surface area contributed by atoms with Gasteiger partial charge < -0.3 is 31.1 Å². The van der Waals surface area contributed by atoms with E-state index in [4.69, 9.17) is 5.73 Å². The summed E-state index contributed by atoms with van der Waals surface area (Å²) in [6, 6.07) is 12.3. The number of benzene rings is 2. The molecule has 6 N–H and O–H groups in total. The van der Waals surface area contributed by atoms with Crippen molar-refractivity contribution in [2.45, 2.75) is 90.2 Å². The highest BCUT2D eigenvalue weighted by atomic mass is 19.4. The third-order valence-electron chi connectivity index (χ3n) is 9.22. The van der Waals surface area contributed by atoms with E-state index in [-0.39, 0.29) is 29.0 Å². The van der Waals surface area contributed by atoms with E-state index in [1.807, 2.05) is 45.0 Å². The summed E-state index contributed by atoms with van der Waals surface area (Å²) in [4.78, 5) is 27.9. The van der Waals surface area contributed by atoms with Crippen molar-refractivity contribution in [3.63, 3.8) is 0 Å². The lowest BCUT2D eigenvalue weighted by molar-refractivity contribution is -0.275. The number of ether oxygens (including phenoxy) is 1. The van der Waals surface area contributed by atoms with Gasteiger partial charge in [0, 0.05) is 47.5 Å². The molecule has 1 aliphatic rings. The number of aryl methyl sites for hydroxylation is 3. The van der Waals surface area contributed by atoms with Crippen molar-refractivity contribution in [2.24, 2.45) is 5.73 Å². The number of imidazole rings is 1. The lowest BCUT2D eigenvalue weighted by atomic mass is 9.92. The molecule has 3 aromatic heterocycles. The number of nitrogens with zero attached hydrogens (tertiary/aromatic N) is 3. The van der Waals surface area contributed by atoms with Gasteiger partial charge in [-0.3, -0.25) is 4.57 Å². The molecule has 0 aliphatic carbocycles. The summed E-state index contributed by atoms with van der Waals surface area (Å²) in [5.41, 5.74) is 9.71. The smallest absolute Gasteiger partial charge is 0.403 e. The second-order valence-electron chi connectivity index (χ2n) is 13.2. The molecule has 1 saturated heterocycles. The van der Waals surface area contributed by atoms with Crippen molar-refractivity contribution in [1.82, 2.24) is 29.8 Å². The minimum absolute atomic E-state index is 0.0820. The molecule has 14 heteroatoms. The van der Waals surface area contributed by atoms with E-state index >= 15 is 4.39 Å². The molecule has 0 unspecified atom stereocenters. The third-order valence-corrected chi connectivity index (χ3v) is 9.22. The van der Waals surface area contributed by atoms with E-state index < -0.39 is 23.6 Å². The fourth-order valence-electron chi connectivity index (χ4n) is 6.52. The number of fused-ring (bicyclic) bond motifs is 1. The highest BCUT2D eigenvalue weighted by Crippen LogP contribution is 2.35. The summed E-state index contributed by atoms with van der Waals surface area (Å²) in [6.07, 6.45) is 2.27. The summed E-state index contributed by atoms with van der Waals surface area (Å²) in [6.45, 7) is 6.61. The molecule has 0 saturated carbocycles. The molecule has 266 valence electrons. The van der Waals surface area contributed by atoms with Gasteiger partial charge in [-0.15, -0.1) is 13.2 Å². The number of aromatic amines is 2. The molecule has 50 heavy (non-hydrogen) atoms. The molecule has 2 aromatic carbocycles. The molecule has 5 aromatic rings. The Morgan fingerprint density at radius 2 is 1.88 bits per heavy atom. The SMILES string of the molecule is Cc1nc(NCC[C@@H]2CCC[C@@H](c3ccc(-n4cc5cc(-c6cc(CCC[C@H](C)N)cc(OC(F)(F)F)c6F)[nH]c5nc4=O)cc3)N2)[nH]c1C. The molecular formula is C36H42F4N8O2. The first-order valence-corrected chi connectivity index (χ1v) is 16.9. The molecule has 1 aliphatic heterocycles. The Kier molecular flexibility index (Phi) is 10.3. The first kappa shape index (κ1) is 35.1. The van der Waals surface area contributed by atoms with E-state index in [2.05, 4.69) is 35.3 Å². The standard InChI is InChI=1S/C36H42F4N8O2/c1-20(41)6-4-7-23-16-28(32(37)31(17-23)50-36(38,39)40)30-18-25-19-48(35(49)47-33(25)46-30)27-12-10-24(11-13-27)29-9-5-8-26(45-29)14-15-42-34-43-21(2)22(3)44-34/h10-13,16-20,26,29,45H,4-9,14-15,41H2,1-3H3,(H2,42,43,44)(H,46,47,49)/t20-,26-,29-/m0/s1. The molecule has 0 bridgehead atoms. The van der Waals surface area contributed by atoms with Crippen LogP contribution in [0.2, 0.25) is 0 Å². The summed E-state index contributed by atoms with van der Waals surface area (Å²) in [5.74, 6) is -1.31. The van der Waals surface area contributed by atoms with E-state index in [9.17, 15) is 18.0 Å². The Morgan fingerprint density at radius 1 is 1.10 bits per heavy atom. The minimum atomic E-state index is -5.07. The van der Waals surface area contributed by atoms with Crippen molar-refractivity contribution in [1.29, 1.82) is 0 Å². The Hall–Kier alpha value is -4.69. The van der Waals surface area contributed by atoms with E-state index in [1.165, 1.54) is 10.6 Å². The predicted molar refractivity (Wildman–Crippen MR) is 185 cm³/mol. The van der Waals surface area contributed by atoms with Gasteiger partial charge in [0.25, 0.3) is 0 Å². The summed E-state index contributed by atoms with van der Waals surface area (Å²) < 4.78 is 60.3. The molecule has 4 heterocycles. The van der Waals surface area contributed by atoms with Gasteiger partial charge in [-0.1, -0.05) is 18.6 Å². The van der Waals surface area contributed by atoms with Crippen LogP contribution in [-0.2, 0) is 6.42 Å². The van der Waals surface area contributed by atoms with Gasteiger partial charge in [0.05, 0.1) is 17.1 Å². The maximum atomic E-state index is 15.5. The van der Waals surface area contributed by atoms with Crippen molar-refractivity contribution >= 4 is 17.0 Å². The number of H-pyrrole nitrogens is 2. The maximum Gasteiger partial charge on any atom is 0.573 e. The zero-order valence-corrected chi connectivity index (χ0v) is 28.3. The van der Waals surface area contributed by atoms with Crippen LogP contribution in [0.5, 0.6) is 5.75 Å². The molecule has 6 rings (SSSR count). The number of nitrogens with one attached hydrogen (secondary N) is 4. The van der Waals surface area contributed by atoms with Crippen molar-refractivity contribution in [2.75, 3.05) is 11.9 Å². The predicted octanol–water partition coefficient (Wildman–Crippen LogP) is 7.11. The van der Waals surface area contributed by atoms with Gasteiger partial charge in [0.2, 0.25) is 5.95 Å². The lowest BCUT2D eigenvalue weighted by Crippen LogP contribution is -2.38. The van der Waals surface area contributed by atoms with E-state index in [1.54, 1.807) is 12.3 Å². The van der Waals surface area contributed by atoms with Crippen LogP contribution in [0.4, 0.5) is 23.5 Å². The molecule has 10 nitrogen and oxygen atoms in total. The normalized spacial score (nSPS) is 17.3. The Labute approximate surface area is 286 Å². The van der Waals surface area contributed by atoms with Crippen LogP contribution in [0.25, 0.3) is 28.0 Å². The van der Waals surface area contributed by atoms with Crippen LogP contribution in [0, 0.1) is 19.7 Å². The van der Waals surface area contributed by atoms with Crippen LogP contribution < -0.4 is 26.8 Å². The van der Waals surface area contributed by atoms with E-state index in [0.29, 0.717) is 41.9 Å². The summed E-state index contributed by atoms with van der Waals surface area (Å²) >= 11 is 0. The van der Waals surface area contributed by atoms with Crippen LogP contribution in [0.3, 0.4) is 0 Å². The van der Waals surface area contributed by atoms with E-state index in [0.717, 1.165) is 61.2 Å². The van der Waals surface area contributed by atoms with Crippen LogP contribution in [-0.4, -0.2) is 49.5 Å². The summed E-state index contributed by atoms with van der Waals surface area (Å²) in [7, 11) is 0. The second kappa shape index (κ2) is 14.7. The number of piperidine rings is 1. The first-order chi connectivity index (χ1) is 23.8. The Bertz CT molecular complexity index is 1980. The molecular weight excluding hydrogens is 652 g/mol. The zero-order chi connectivity index (χ0) is 35.6. The molecule has 1 fully saturated rings. The highest BCUT2D eigenvalue weighted by molar-refractivity contribution is 5.83. The lowest BCUT2D eigenvalue weighted by Gasteiger charge is -2.31. The average molecular weight is 695 g/mol. The number of alkyl halides is 3. The van der Waals surface area contributed by atoms with Gasteiger partial charge in [-0.05, 0) is 101 Å². The largest absolute Gasteiger partial charge is 0.573 e. The van der Waals surface area contributed by atoms with Crippen molar-refractivity contribution in [3.05, 3.63) is 87.5 Å². The first-order valence-electron chi connectivity index (χ1n) is 16.9. The zero-order valence-electron chi connectivity index (χ0n) is 28.3. The van der Waals surface area contributed by atoms with Crippen molar-refractivity contribution < 1.29 is 22.3 Å². The number of halogens is 4. The molecule has 3 atom stereocenters. The third kappa shape index (κ3) is 8.36. The fourth-order valence-corrected chi connectivity index (χ4v) is 6.52. The fraction of sp³-hybridized carbons (Fsp3) is 0.417. The second-order valence-corrected chi connectivity index (χ2v) is 13.2. The van der Waals surface area contributed by atoms with Crippen LogP contribution in [0.15, 0.2) is 53.5 Å². The molecule has 0 spiro atoms. The van der Waals surface area contributed by atoms with Gasteiger partial charge in [-0.25, -0.2) is 14.2 Å². The maximum absolute atomic E-state index is 15.5. The van der Waals surface area contributed by atoms with Gasteiger partial charge in [-0.2, -0.15) is 4.98 Å². The van der Waals surface area contributed by atoms with Gasteiger partial charge in [0.15, 0.2) is 11.6 Å².